The van der Waals surface area contributed by atoms with Gasteiger partial charge in [-0.15, -0.1) is 13.2 Å². The molecule has 0 saturated heterocycles. The lowest BCUT2D eigenvalue weighted by Crippen LogP contribution is -2.25. The van der Waals surface area contributed by atoms with E-state index in [0.29, 0.717) is 12.1 Å². The van der Waals surface area contributed by atoms with Gasteiger partial charge >= 0.3 is 6.36 Å². The number of nitrogens with two attached hydrogens (primary N) is 1. The number of aliphatic hydroxyl groups is 2. The number of primary amides is 1. The summed E-state index contributed by atoms with van der Waals surface area (Å²) in [6.45, 7) is 0. The molecule has 0 aromatic heterocycles. The van der Waals surface area contributed by atoms with E-state index >= 15 is 0 Å². The fourth-order valence-corrected chi connectivity index (χ4v) is 1.45. The molecule has 0 saturated carbocycles. The van der Waals surface area contributed by atoms with Crippen LogP contribution in [0.4, 0.5) is 17.6 Å². The zero-order valence-corrected chi connectivity index (χ0v) is 9.89. The quantitative estimate of drug-likeness (QED) is 0.707. The zero-order chi connectivity index (χ0) is 15.5. The first-order valence-electron chi connectivity index (χ1n) is 5.30. The van der Waals surface area contributed by atoms with Crippen LogP contribution in [0.25, 0.3) is 0 Å². The Hall–Kier alpha value is -1.87. The van der Waals surface area contributed by atoms with E-state index < -0.39 is 42.5 Å². The number of halogens is 4. The summed E-state index contributed by atoms with van der Waals surface area (Å²) in [6.07, 6.45) is -8.89. The molecule has 2 unspecified atom stereocenters. The van der Waals surface area contributed by atoms with E-state index in [1.807, 2.05) is 0 Å². The molecule has 0 heterocycles. The molecule has 4 N–H and O–H groups in total. The molecule has 1 rings (SSSR count). The number of benzene rings is 1. The Labute approximate surface area is 110 Å². The molecule has 20 heavy (non-hydrogen) atoms. The van der Waals surface area contributed by atoms with Gasteiger partial charge < -0.3 is 20.7 Å². The Balaban J connectivity index is 2.89. The first-order chi connectivity index (χ1) is 9.10. The highest BCUT2D eigenvalue weighted by Crippen LogP contribution is 2.28. The Morgan fingerprint density at radius 3 is 2.40 bits per heavy atom. The second kappa shape index (κ2) is 6.06. The van der Waals surface area contributed by atoms with Crippen LogP contribution in [0.15, 0.2) is 18.2 Å². The SMILES string of the molecule is NC(=O)CC(O)C(O)c1ccc(OC(F)(F)F)c(F)c1. The smallest absolute Gasteiger partial charge is 0.403 e. The van der Waals surface area contributed by atoms with Gasteiger partial charge in [0.05, 0.1) is 12.5 Å². The Morgan fingerprint density at radius 1 is 1.35 bits per heavy atom. The topological polar surface area (TPSA) is 92.8 Å². The van der Waals surface area contributed by atoms with E-state index in [1.54, 1.807) is 0 Å². The van der Waals surface area contributed by atoms with Crippen LogP contribution >= 0.6 is 0 Å². The Kier molecular flexibility index (Phi) is 4.90. The summed E-state index contributed by atoms with van der Waals surface area (Å²) < 4.78 is 52.5. The molecule has 0 aliphatic heterocycles. The van der Waals surface area contributed by atoms with E-state index in [9.17, 15) is 32.6 Å². The maximum atomic E-state index is 13.4. The number of carbonyl (C=O) groups excluding carboxylic acids is 1. The molecule has 1 aromatic rings. The van der Waals surface area contributed by atoms with Crippen molar-refractivity contribution in [1.29, 1.82) is 0 Å². The average Bonchev–Trinajstić information content (AvgIpc) is 2.28. The summed E-state index contributed by atoms with van der Waals surface area (Å²) in [6, 6.07) is 2.15. The van der Waals surface area contributed by atoms with Gasteiger partial charge in [0.2, 0.25) is 5.91 Å². The molecule has 0 spiro atoms. The summed E-state index contributed by atoms with van der Waals surface area (Å²) in [5.41, 5.74) is 4.59. The van der Waals surface area contributed by atoms with E-state index in [4.69, 9.17) is 5.73 Å². The third kappa shape index (κ3) is 4.67. The van der Waals surface area contributed by atoms with Gasteiger partial charge in [-0.1, -0.05) is 6.07 Å². The lowest BCUT2D eigenvalue weighted by atomic mass is 10.0. The van der Waals surface area contributed by atoms with Crippen molar-refractivity contribution in [3.8, 4) is 5.75 Å². The lowest BCUT2D eigenvalue weighted by Gasteiger charge is -2.17. The van der Waals surface area contributed by atoms with Crippen molar-refractivity contribution >= 4 is 5.91 Å². The predicted molar refractivity (Wildman–Crippen MR) is 57.9 cm³/mol. The van der Waals surface area contributed by atoms with Crippen molar-refractivity contribution in [2.75, 3.05) is 0 Å². The average molecular weight is 297 g/mol. The highest BCUT2D eigenvalue weighted by atomic mass is 19.4. The standard InChI is InChI=1S/C11H11F4NO4/c12-6-3-5(10(19)7(17)4-9(16)18)1-2-8(6)20-11(13,14)15/h1-3,7,10,17,19H,4H2,(H2,16,18). The summed E-state index contributed by atoms with van der Waals surface area (Å²) in [7, 11) is 0. The normalized spacial score (nSPS) is 14.7. The second-order valence-electron chi connectivity index (χ2n) is 3.92. The maximum Gasteiger partial charge on any atom is 0.573 e. The molecular formula is C11H11F4NO4. The van der Waals surface area contributed by atoms with Crippen LogP contribution in [0.1, 0.15) is 18.1 Å². The van der Waals surface area contributed by atoms with Gasteiger partial charge in [0.15, 0.2) is 11.6 Å². The highest BCUT2D eigenvalue weighted by molar-refractivity contribution is 5.74. The fraction of sp³-hybridized carbons (Fsp3) is 0.364. The molecule has 0 radical (unpaired) electrons. The largest absolute Gasteiger partial charge is 0.573 e. The molecule has 112 valence electrons. The Morgan fingerprint density at radius 2 is 1.95 bits per heavy atom. The van der Waals surface area contributed by atoms with E-state index in [0.717, 1.165) is 6.07 Å². The first-order valence-corrected chi connectivity index (χ1v) is 5.30. The van der Waals surface area contributed by atoms with Gasteiger partial charge in [-0.05, 0) is 17.7 Å². The molecule has 5 nitrogen and oxygen atoms in total. The van der Waals surface area contributed by atoms with Gasteiger partial charge in [0.1, 0.15) is 6.10 Å². The third-order valence-electron chi connectivity index (χ3n) is 2.30. The molecule has 9 heteroatoms. The number of aliphatic hydroxyl groups excluding tert-OH is 2. The van der Waals surface area contributed by atoms with Crippen molar-refractivity contribution in [1.82, 2.24) is 0 Å². The van der Waals surface area contributed by atoms with Crippen molar-refractivity contribution in [2.45, 2.75) is 25.0 Å². The second-order valence-corrected chi connectivity index (χ2v) is 3.92. The van der Waals surface area contributed by atoms with Crippen molar-refractivity contribution in [2.24, 2.45) is 5.73 Å². The van der Waals surface area contributed by atoms with E-state index in [1.165, 1.54) is 0 Å². The number of rotatable bonds is 5. The zero-order valence-electron chi connectivity index (χ0n) is 9.89. The van der Waals surface area contributed by atoms with E-state index in [2.05, 4.69) is 4.74 Å². The van der Waals surface area contributed by atoms with Crippen LogP contribution < -0.4 is 10.5 Å². The molecule has 2 atom stereocenters. The van der Waals surface area contributed by atoms with Gasteiger partial charge in [-0.25, -0.2) is 4.39 Å². The maximum absolute atomic E-state index is 13.4. The molecule has 0 aliphatic carbocycles. The number of amides is 1. The van der Waals surface area contributed by atoms with Crippen LogP contribution in [-0.4, -0.2) is 28.6 Å². The molecule has 1 aromatic carbocycles. The molecule has 1 amide bonds. The minimum Gasteiger partial charge on any atom is -0.403 e. The van der Waals surface area contributed by atoms with Gasteiger partial charge in [-0.3, -0.25) is 4.79 Å². The highest BCUT2D eigenvalue weighted by Gasteiger charge is 2.32. The van der Waals surface area contributed by atoms with Crippen molar-refractivity contribution < 1.29 is 37.3 Å². The monoisotopic (exact) mass is 297 g/mol. The number of carbonyl (C=O) groups is 1. The summed E-state index contributed by atoms with van der Waals surface area (Å²) in [4.78, 5) is 10.6. The summed E-state index contributed by atoms with van der Waals surface area (Å²) in [5, 5.41) is 19.0. The van der Waals surface area contributed by atoms with E-state index in [-0.39, 0.29) is 5.56 Å². The molecular weight excluding hydrogens is 286 g/mol. The van der Waals surface area contributed by atoms with Gasteiger partial charge in [0, 0.05) is 0 Å². The molecule has 0 bridgehead atoms. The summed E-state index contributed by atoms with van der Waals surface area (Å²) >= 11 is 0. The van der Waals surface area contributed by atoms with Gasteiger partial charge in [0.25, 0.3) is 0 Å². The minimum absolute atomic E-state index is 0.217. The number of alkyl halides is 3. The van der Waals surface area contributed by atoms with Crippen LogP contribution in [0.5, 0.6) is 5.75 Å². The molecule has 0 aliphatic rings. The number of ether oxygens (including phenoxy) is 1. The van der Waals surface area contributed by atoms with Crippen LogP contribution in [0.3, 0.4) is 0 Å². The van der Waals surface area contributed by atoms with Crippen LogP contribution in [-0.2, 0) is 4.79 Å². The lowest BCUT2D eigenvalue weighted by molar-refractivity contribution is -0.275. The minimum atomic E-state index is -5.05. The van der Waals surface area contributed by atoms with Crippen molar-refractivity contribution in [3.63, 3.8) is 0 Å². The third-order valence-corrected chi connectivity index (χ3v) is 2.30. The fourth-order valence-electron chi connectivity index (χ4n) is 1.45. The van der Waals surface area contributed by atoms with Gasteiger partial charge in [-0.2, -0.15) is 0 Å². The number of hydrogen-bond donors (Lipinski definition) is 3. The Bertz CT molecular complexity index is 492. The van der Waals surface area contributed by atoms with Crippen LogP contribution in [0.2, 0.25) is 0 Å². The summed E-state index contributed by atoms with van der Waals surface area (Å²) in [5.74, 6) is -3.34. The number of hydrogen-bond acceptors (Lipinski definition) is 4. The predicted octanol–water partition coefficient (Wildman–Crippen LogP) is 0.994. The van der Waals surface area contributed by atoms with Crippen molar-refractivity contribution in [3.05, 3.63) is 29.6 Å². The first kappa shape index (κ1) is 16.2. The molecule has 0 fully saturated rings. The van der Waals surface area contributed by atoms with Crippen LogP contribution in [0, 0.1) is 5.82 Å².